The van der Waals surface area contributed by atoms with Gasteiger partial charge in [-0.05, 0) is 42.2 Å². The molecule has 0 aromatic heterocycles. The van der Waals surface area contributed by atoms with E-state index >= 15 is 0 Å². The number of fused-ring (bicyclic) bond motifs is 1. The molecule has 1 amide bonds. The Balaban J connectivity index is 0.00000196. The third-order valence-corrected chi connectivity index (χ3v) is 5.51. The molecule has 0 unspecified atom stereocenters. The second-order valence-corrected chi connectivity index (χ2v) is 7.01. The van der Waals surface area contributed by atoms with E-state index in [1.54, 1.807) is 4.90 Å². The Morgan fingerprint density at radius 2 is 2.00 bits per heavy atom. The maximum atomic E-state index is 14.2. The smallest absolute Gasteiger partial charge is 0.257 e. The van der Waals surface area contributed by atoms with Gasteiger partial charge in [-0.1, -0.05) is 24.3 Å². The molecule has 2 saturated heterocycles. The number of phenolic OH excluding ortho intramolecular Hbond substituents is 1. The first kappa shape index (κ1) is 18.7. The first-order valence-corrected chi connectivity index (χ1v) is 8.62. The molecule has 26 heavy (non-hydrogen) atoms. The number of phenols is 1. The number of carbonyl (C=O) groups excluding carboxylic acids is 1. The number of halogens is 2. The van der Waals surface area contributed by atoms with E-state index in [4.69, 9.17) is 0 Å². The number of nitrogens with one attached hydrogen (secondary N) is 1. The Morgan fingerprint density at radius 1 is 1.23 bits per heavy atom. The monoisotopic (exact) mass is 376 g/mol. The Bertz CT molecular complexity index is 829. The van der Waals surface area contributed by atoms with Gasteiger partial charge in [0, 0.05) is 25.6 Å². The predicted octanol–water partition coefficient (Wildman–Crippen LogP) is 3.29. The molecular formula is C20H22ClFN2O2. The van der Waals surface area contributed by atoms with Gasteiger partial charge in [0.15, 0.2) is 0 Å². The molecule has 0 radical (unpaired) electrons. The van der Waals surface area contributed by atoms with E-state index in [0.29, 0.717) is 18.4 Å². The summed E-state index contributed by atoms with van der Waals surface area (Å²) in [4.78, 5) is 14.9. The van der Waals surface area contributed by atoms with Gasteiger partial charge in [0.1, 0.15) is 11.6 Å². The molecule has 0 aliphatic carbocycles. The Labute approximate surface area is 158 Å². The minimum atomic E-state index is -0.596. The summed E-state index contributed by atoms with van der Waals surface area (Å²) in [6.45, 7) is 4.38. The van der Waals surface area contributed by atoms with Crippen LogP contribution in [0.1, 0.15) is 27.5 Å². The van der Waals surface area contributed by atoms with Crippen LogP contribution in [-0.2, 0) is 0 Å². The molecule has 0 bridgehead atoms. The van der Waals surface area contributed by atoms with E-state index in [1.807, 2.05) is 25.1 Å². The summed E-state index contributed by atoms with van der Waals surface area (Å²) < 4.78 is 14.2. The highest BCUT2D eigenvalue weighted by Gasteiger charge is 2.47. The molecule has 6 heteroatoms. The van der Waals surface area contributed by atoms with Gasteiger partial charge in [0.05, 0.1) is 11.6 Å². The highest BCUT2D eigenvalue weighted by Crippen LogP contribution is 2.44. The minimum Gasteiger partial charge on any atom is -0.508 e. The lowest BCUT2D eigenvalue weighted by Crippen LogP contribution is -2.35. The van der Waals surface area contributed by atoms with Crippen LogP contribution in [0.4, 0.5) is 4.39 Å². The van der Waals surface area contributed by atoms with Gasteiger partial charge in [-0.2, -0.15) is 0 Å². The van der Waals surface area contributed by atoms with Crippen LogP contribution in [0.2, 0.25) is 0 Å². The molecule has 0 spiro atoms. The Kier molecular flexibility index (Phi) is 5.21. The molecular weight excluding hydrogens is 355 g/mol. The molecule has 4 nitrogen and oxygen atoms in total. The third kappa shape index (κ3) is 3.06. The number of hydrogen-bond acceptors (Lipinski definition) is 3. The van der Waals surface area contributed by atoms with Crippen LogP contribution in [0.5, 0.6) is 5.75 Å². The average molecular weight is 377 g/mol. The van der Waals surface area contributed by atoms with Gasteiger partial charge in [-0.25, -0.2) is 4.39 Å². The quantitative estimate of drug-likeness (QED) is 0.845. The van der Waals surface area contributed by atoms with E-state index < -0.39 is 5.82 Å². The van der Waals surface area contributed by atoms with E-state index in [-0.39, 0.29) is 35.7 Å². The van der Waals surface area contributed by atoms with E-state index in [0.717, 1.165) is 30.3 Å². The number of benzene rings is 2. The molecule has 2 aliphatic heterocycles. The van der Waals surface area contributed by atoms with Gasteiger partial charge in [-0.15, -0.1) is 12.4 Å². The van der Waals surface area contributed by atoms with Crippen molar-refractivity contribution in [3.05, 3.63) is 65.0 Å². The number of hydrogen-bond donors (Lipinski definition) is 2. The number of carbonyl (C=O) groups is 1. The van der Waals surface area contributed by atoms with Gasteiger partial charge in [-0.3, -0.25) is 4.79 Å². The third-order valence-electron chi connectivity index (χ3n) is 5.51. The Hall–Kier alpha value is -2.11. The van der Waals surface area contributed by atoms with E-state index in [1.165, 1.54) is 12.1 Å². The lowest BCUT2D eigenvalue weighted by atomic mass is 9.87. The van der Waals surface area contributed by atoms with Gasteiger partial charge in [0.25, 0.3) is 5.91 Å². The van der Waals surface area contributed by atoms with Crippen molar-refractivity contribution < 1.29 is 14.3 Å². The molecule has 4 rings (SSSR count). The number of aryl methyl sites for hydroxylation is 1. The van der Waals surface area contributed by atoms with Crippen LogP contribution in [0, 0.1) is 24.6 Å². The number of amides is 1. The summed E-state index contributed by atoms with van der Waals surface area (Å²) in [5, 5.41) is 13.1. The van der Waals surface area contributed by atoms with Crippen LogP contribution >= 0.6 is 12.4 Å². The van der Waals surface area contributed by atoms with Crippen molar-refractivity contribution in [2.24, 2.45) is 11.8 Å². The summed E-state index contributed by atoms with van der Waals surface area (Å²) >= 11 is 0. The van der Waals surface area contributed by atoms with Crippen molar-refractivity contribution in [3.8, 4) is 5.75 Å². The van der Waals surface area contributed by atoms with Crippen molar-refractivity contribution in [3.63, 3.8) is 0 Å². The first-order chi connectivity index (χ1) is 12.1. The molecule has 3 atom stereocenters. The molecule has 2 aromatic carbocycles. The predicted molar refractivity (Wildman–Crippen MR) is 100 cm³/mol. The van der Waals surface area contributed by atoms with Crippen molar-refractivity contribution in [1.29, 1.82) is 0 Å². The second kappa shape index (κ2) is 7.25. The van der Waals surface area contributed by atoms with Crippen molar-refractivity contribution in [1.82, 2.24) is 10.2 Å². The summed E-state index contributed by atoms with van der Waals surface area (Å²) in [7, 11) is 0. The maximum absolute atomic E-state index is 14.2. The van der Waals surface area contributed by atoms with Crippen LogP contribution in [0.25, 0.3) is 0 Å². The highest BCUT2D eigenvalue weighted by molar-refractivity contribution is 5.95. The molecule has 2 N–H and O–H groups in total. The van der Waals surface area contributed by atoms with Crippen LogP contribution < -0.4 is 5.32 Å². The van der Waals surface area contributed by atoms with Crippen molar-refractivity contribution >= 4 is 18.3 Å². The number of likely N-dealkylation sites (tertiary alicyclic amines) is 1. The van der Waals surface area contributed by atoms with E-state index in [2.05, 4.69) is 11.4 Å². The van der Waals surface area contributed by atoms with Crippen LogP contribution in [0.15, 0.2) is 42.5 Å². The fraction of sp³-hybridized carbons (Fsp3) is 0.350. The number of nitrogens with zero attached hydrogens (tertiary/aromatic N) is 1. The zero-order valence-corrected chi connectivity index (χ0v) is 15.3. The minimum absolute atomic E-state index is 0. The number of rotatable bonds is 2. The second-order valence-electron chi connectivity index (χ2n) is 7.01. The molecule has 0 saturated carbocycles. The largest absolute Gasteiger partial charge is 0.508 e. The summed E-state index contributed by atoms with van der Waals surface area (Å²) in [6, 6.07) is 11.6. The van der Waals surface area contributed by atoms with Gasteiger partial charge < -0.3 is 15.3 Å². The topological polar surface area (TPSA) is 52.6 Å². The fourth-order valence-corrected chi connectivity index (χ4v) is 4.28. The molecule has 2 aromatic rings. The molecule has 2 aliphatic rings. The first-order valence-electron chi connectivity index (χ1n) is 8.62. The Morgan fingerprint density at radius 3 is 2.77 bits per heavy atom. The van der Waals surface area contributed by atoms with Crippen molar-refractivity contribution in [2.45, 2.75) is 13.0 Å². The lowest BCUT2D eigenvalue weighted by Gasteiger charge is -2.29. The zero-order valence-electron chi connectivity index (χ0n) is 14.5. The van der Waals surface area contributed by atoms with Gasteiger partial charge >= 0.3 is 0 Å². The molecule has 2 fully saturated rings. The van der Waals surface area contributed by atoms with Crippen molar-refractivity contribution in [2.75, 3.05) is 19.6 Å². The molecule has 138 valence electrons. The maximum Gasteiger partial charge on any atom is 0.257 e. The lowest BCUT2D eigenvalue weighted by molar-refractivity contribution is 0.0708. The van der Waals surface area contributed by atoms with Crippen LogP contribution in [-0.4, -0.2) is 35.5 Å². The standard InChI is InChI=1S/C20H21FN2O2.ClH/c1-12-4-2-3-5-15(12)19-17-10-22-9-13(17)11-23(19)20(25)16-8-14(24)6-7-18(16)21;/h2-8,13,17,19,22,24H,9-11H2,1H3;1H/t13-,17-,19+;/m0./s1. The highest BCUT2D eigenvalue weighted by atomic mass is 35.5. The summed E-state index contributed by atoms with van der Waals surface area (Å²) in [5.41, 5.74) is 2.19. The van der Waals surface area contributed by atoms with E-state index in [9.17, 15) is 14.3 Å². The average Bonchev–Trinajstić information content (AvgIpc) is 3.18. The normalized spacial score (nSPS) is 24.2. The summed E-state index contributed by atoms with van der Waals surface area (Å²) in [6.07, 6.45) is 0. The zero-order chi connectivity index (χ0) is 17.6. The fourth-order valence-electron chi connectivity index (χ4n) is 4.28. The summed E-state index contributed by atoms with van der Waals surface area (Å²) in [5.74, 6) is -0.352. The van der Waals surface area contributed by atoms with Gasteiger partial charge in [0.2, 0.25) is 0 Å². The SMILES string of the molecule is Cc1ccccc1[C@@H]1[C@H]2CNC[C@H]2CN1C(=O)c1cc(O)ccc1F.Cl. The number of aromatic hydroxyl groups is 1. The molecule has 2 heterocycles. The van der Waals surface area contributed by atoms with Crippen LogP contribution in [0.3, 0.4) is 0 Å².